The highest BCUT2D eigenvalue weighted by Gasteiger charge is 2.14. The van der Waals surface area contributed by atoms with E-state index in [1.54, 1.807) is 25.2 Å². The lowest BCUT2D eigenvalue weighted by Crippen LogP contribution is -2.23. The van der Waals surface area contributed by atoms with E-state index in [1.165, 1.54) is 9.36 Å². The van der Waals surface area contributed by atoms with Crippen LogP contribution in [0.5, 0.6) is 5.88 Å². The van der Waals surface area contributed by atoms with E-state index in [1.807, 2.05) is 49.4 Å². The Morgan fingerprint density at radius 2 is 1.83 bits per heavy atom. The van der Waals surface area contributed by atoms with Gasteiger partial charge in [0.05, 0.1) is 23.0 Å². The first-order valence-electron chi connectivity index (χ1n) is 9.25. The molecule has 2 aromatic heterocycles. The Morgan fingerprint density at radius 3 is 2.60 bits per heavy atom. The molecule has 4 rings (SSSR count). The summed E-state index contributed by atoms with van der Waals surface area (Å²) in [4.78, 5) is 16.8. The summed E-state index contributed by atoms with van der Waals surface area (Å²) < 4.78 is 8.37. The molecule has 2 aromatic carbocycles. The lowest BCUT2D eigenvalue weighted by Gasteiger charge is -2.13. The molecule has 0 N–H and O–H groups in total. The highest BCUT2D eigenvalue weighted by molar-refractivity contribution is 5.67. The molecule has 0 aliphatic carbocycles. The van der Waals surface area contributed by atoms with Crippen molar-refractivity contribution in [3.8, 4) is 28.9 Å². The highest BCUT2D eigenvalue weighted by atomic mass is 16.5. The Hall–Kier alpha value is -4.25. The van der Waals surface area contributed by atoms with E-state index >= 15 is 0 Å². The predicted molar refractivity (Wildman–Crippen MR) is 110 cm³/mol. The van der Waals surface area contributed by atoms with E-state index in [0.29, 0.717) is 22.8 Å². The van der Waals surface area contributed by atoms with E-state index in [-0.39, 0.29) is 12.3 Å². The zero-order chi connectivity index (χ0) is 21.1. The number of rotatable bonds is 5. The number of pyridine rings is 1. The first-order chi connectivity index (χ1) is 14.6. The zero-order valence-electron chi connectivity index (χ0n) is 16.5. The number of hydrogen-bond donors (Lipinski definition) is 0. The van der Waals surface area contributed by atoms with Gasteiger partial charge in [-0.2, -0.15) is 14.6 Å². The van der Waals surface area contributed by atoms with Crippen LogP contribution in [0.1, 0.15) is 16.7 Å². The molecule has 0 atom stereocenters. The molecule has 0 fully saturated rings. The molecule has 0 amide bonds. The fourth-order valence-corrected chi connectivity index (χ4v) is 3.13. The smallest absolute Gasteiger partial charge is 0.368 e. The molecule has 2 heterocycles. The van der Waals surface area contributed by atoms with Gasteiger partial charge in [-0.3, -0.25) is 0 Å². The number of aryl methyl sites for hydroxylation is 2. The molecule has 0 aliphatic heterocycles. The summed E-state index contributed by atoms with van der Waals surface area (Å²) in [6.45, 7) is 2.14. The summed E-state index contributed by atoms with van der Waals surface area (Å²) in [5.74, 6) is 0.418. The number of ether oxygens (including phenoxy) is 1. The quantitative estimate of drug-likeness (QED) is 0.513. The summed E-state index contributed by atoms with van der Waals surface area (Å²) in [7, 11) is 1.55. The number of aromatic nitrogens is 5. The van der Waals surface area contributed by atoms with Crippen molar-refractivity contribution in [3.05, 3.63) is 87.8 Å². The molecule has 8 nitrogen and oxygen atoms in total. The van der Waals surface area contributed by atoms with Crippen LogP contribution in [0, 0.1) is 18.3 Å². The van der Waals surface area contributed by atoms with E-state index in [2.05, 4.69) is 21.5 Å². The molecule has 30 heavy (non-hydrogen) atoms. The van der Waals surface area contributed by atoms with Crippen molar-refractivity contribution in [2.24, 2.45) is 7.05 Å². The first-order valence-corrected chi connectivity index (χ1v) is 9.25. The maximum Gasteiger partial charge on any atom is 0.368 e. The van der Waals surface area contributed by atoms with Crippen LogP contribution < -0.4 is 10.4 Å². The average molecular weight is 398 g/mol. The molecular formula is C22H18N6O2. The maximum atomic E-state index is 12.3. The number of tetrazole rings is 1. The Kier molecular flexibility index (Phi) is 5.09. The maximum absolute atomic E-state index is 12.3. The standard InChI is InChI=1S/C22H18N6O2/c1-15-7-5-11-20(28-22(29)27(2)25-26-28)18(15)14-30-21-12-6-10-19(24-21)17-9-4-3-8-16(17)13-23/h3-12H,14H2,1-2H3. The van der Waals surface area contributed by atoms with Gasteiger partial charge in [0.1, 0.15) is 6.61 Å². The van der Waals surface area contributed by atoms with E-state index in [0.717, 1.165) is 16.7 Å². The second kappa shape index (κ2) is 8.01. The largest absolute Gasteiger partial charge is 0.473 e. The third-order valence-electron chi connectivity index (χ3n) is 4.75. The van der Waals surface area contributed by atoms with Crippen LogP contribution in [0.4, 0.5) is 0 Å². The van der Waals surface area contributed by atoms with Crippen molar-refractivity contribution in [3.63, 3.8) is 0 Å². The van der Waals surface area contributed by atoms with Crippen molar-refractivity contribution >= 4 is 0 Å². The van der Waals surface area contributed by atoms with Crippen LogP contribution in [-0.4, -0.2) is 24.8 Å². The van der Waals surface area contributed by atoms with Crippen molar-refractivity contribution in [1.82, 2.24) is 24.8 Å². The normalized spacial score (nSPS) is 10.6. The van der Waals surface area contributed by atoms with Crippen LogP contribution in [0.2, 0.25) is 0 Å². The van der Waals surface area contributed by atoms with Crippen LogP contribution in [0.15, 0.2) is 65.5 Å². The summed E-state index contributed by atoms with van der Waals surface area (Å²) in [5.41, 5.74) is 3.98. The summed E-state index contributed by atoms with van der Waals surface area (Å²) in [6, 6.07) is 20.5. The van der Waals surface area contributed by atoms with Crippen molar-refractivity contribution in [2.45, 2.75) is 13.5 Å². The Morgan fingerprint density at radius 1 is 1.03 bits per heavy atom. The molecule has 0 saturated heterocycles. The third-order valence-corrected chi connectivity index (χ3v) is 4.75. The number of hydrogen-bond acceptors (Lipinski definition) is 6. The second-order valence-electron chi connectivity index (χ2n) is 6.68. The van der Waals surface area contributed by atoms with Gasteiger partial charge in [-0.25, -0.2) is 9.78 Å². The number of nitrogens with zero attached hydrogens (tertiary/aromatic N) is 6. The molecule has 8 heteroatoms. The zero-order valence-corrected chi connectivity index (χ0v) is 16.5. The van der Waals surface area contributed by atoms with E-state index < -0.39 is 0 Å². The lowest BCUT2D eigenvalue weighted by atomic mass is 10.1. The molecule has 148 valence electrons. The second-order valence-corrected chi connectivity index (χ2v) is 6.68. The van der Waals surface area contributed by atoms with Gasteiger partial charge in [-0.1, -0.05) is 36.4 Å². The van der Waals surface area contributed by atoms with Crippen LogP contribution in [-0.2, 0) is 13.7 Å². The summed E-state index contributed by atoms with van der Waals surface area (Å²) >= 11 is 0. The fraction of sp³-hybridized carbons (Fsp3) is 0.136. The molecule has 0 bridgehead atoms. The molecule has 0 aliphatic rings. The van der Waals surface area contributed by atoms with E-state index in [9.17, 15) is 10.1 Å². The summed E-state index contributed by atoms with van der Waals surface area (Å²) in [6.07, 6.45) is 0. The van der Waals surface area contributed by atoms with Gasteiger partial charge < -0.3 is 4.74 Å². The monoisotopic (exact) mass is 398 g/mol. The van der Waals surface area contributed by atoms with Gasteiger partial charge in [0.25, 0.3) is 0 Å². The lowest BCUT2D eigenvalue weighted by molar-refractivity contribution is 0.293. The minimum atomic E-state index is -0.338. The fourth-order valence-electron chi connectivity index (χ4n) is 3.13. The molecule has 0 radical (unpaired) electrons. The molecule has 0 saturated carbocycles. The van der Waals surface area contributed by atoms with Gasteiger partial charge in [-0.15, -0.1) is 0 Å². The van der Waals surface area contributed by atoms with E-state index in [4.69, 9.17) is 4.74 Å². The Balaban J connectivity index is 1.65. The van der Waals surface area contributed by atoms with Crippen LogP contribution >= 0.6 is 0 Å². The number of nitriles is 1. The van der Waals surface area contributed by atoms with Crippen molar-refractivity contribution < 1.29 is 4.74 Å². The molecule has 4 aromatic rings. The predicted octanol–water partition coefficient (Wildman–Crippen LogP) is 2.79. The molecule has 0 unspecified atom stereocenters. The van der Waals surface area contributed by atoms with Gasteiger partial charge in [-0.05, 0) is 41.1 Å². The molecular weight excluding hydrogens is 380 g/mol. The Labute approximate surface area is 172 Å². The highest BCUT2D eigenvalue weighted by Crippen LogP contribution is 2.24. The van der Waals surface area contributed by atoms with Crippen LogP contribution in [0.3, 0.4) is 0 Å². The first kappa shape index (κ1) is 19.1. The SMILES string of the molecule is Cc1cccc(-n2nnn(C)c2=O)c1COc1cccc(-c2ccccc2C#N)n1. The Bertz CT molecular complexity index is 1320. The molecule has 0 spiro atoms. The van der Waals surface area contributed by atoms with Gasteiger partial charge in [0.15, 0.2) is 0 Å². The van der Waals surface area contributed by atoms with Crippen LogP contribution in [0.25, 0.3) is 16.9 Å². The van der Waals surface area contributed by atoms with Crippen molar-refractivity contribution in [2.75, 3.05) is 0 Å². The minimum absolute atomic E-state index is 0.196. The van der Waals surface area contributed by atoms with Gasteiger partial charge in [0, 0.05) is 24.2 Å². The number of benzene rings is 2. The van der Waals surface area contributed by atoms with Gasteiger partial charge in [0.2, 0.25) is 5.88 Å². The summed E-state index contributed by atoms with van der Waals surface area (Å²) in [5, 5.41) is 17.1. The minimum Gasteiger partial charge on any atom is -0.473 e. The topological polar surface area (TPSA) is 98.6 Å². The average Bonchev–Trinajstić information content (AvgIpc) is 3.11. The third kappa shape index (κ3) is 3.56. The van der Waals surface area contributed by atoms with Gasteiger partial charge >= 0.3 is 5.69 Å². The van der Waals surface area contributed by atoms with Crippen molar-refractivity contribution in [1.29, 1.82) is 5.26 Å².